The number of rotatable bonds is 3. The first-order chi connectivity index (χ1) is 16.8. The Morgan fingerprint density at radius 1 is 1.17 bits per heavy atom. The van der Waals surface area contributed by atoms with E-state index in [4.69, 9.17) is 11.0 Å². The smallest absolute Gasteiger partial charge is 0.255 e. The van der Waals surface area contributed by atoms with Gasteiger partial charge in [0.2, 0.25) is 11.8 Å². The van der Waals surface area contributed by atoms with E-state index in [-0.39, 0.29) is 17.7 Å². The number of imide groups is 1. The summed E-state index contributed by atoms with van der Waals surface area (Å²) in [5.74, 6) is -5.51. The molecule has 29 heavy (non-hydrogen) atoms. The highest BCUT2D eigenvalue weighted by Gasteiger charge is 2.41. The topological polar surface area (TPSA) is 73.0 Å². The van der Waals surface area contributed by atoms with Crippen LogP contribution in [0.3, 0.4) is 0 Å². The van der Waals surface area contributed by atoms with Crippen molar-refractivity contribution in [3.05, 3.63) is 28.8 Å². The van der Waals surface area contributed by atoms with Crippen LogP contribution in [0.25, 0.3) is 0 Å². The van der Waals surface area contributed by atoms with Gasteiger partial charge in [0.15, 0.2) is 5.82 Å². The summed E-state index contributed by atoms with van der Waals surface area (Å²) in [6, 6.07) is -1.68. The van der Waals surface area contributed by atoms with Crippen molar-refractivity contribution in [2.24, 2.45) is 0 Å². The molecule has 0 saturated carbocycles. The minimum absolute atomic E-state index is 0.0654. The molecule has 4 rings (SSSR count). The standard InChI is InChI=1S/C20H24F2N4O3/c1-11(2)24-5-7-25(8-6-24)18-14(21)9-12-13(17(18)22)10-26(20(12)29)15-3-4-16(27)23-19(15)28/h9,11,15H,3-8,10H2,1-2H3,(H,23,27,28)/i5D2,6D2,7D2,8D2. The van der Waals surface area contributed by atoms with Crippen molar-refractivity contribution in [1.29, 1.82) is 0 Å². The molecule has 1 aromatic carbocycles. The number of hydrogen-bond donors (Lipinski definition) is 1. The Balaban J connectivity index is 1.86. The first-order valence-electron chi connectivity index (χ1n) is 13.1. The van der Waals surface area contributed by atoms with Gasteiger partial charge in [-0.15, -0.1) is 0 Å². The number of nitrogens with zero attached hydrogens (tertiary/aromatic N) is 3. The molecule has 9 heteroatoms. The summed E-state index contributed by atoms with van der Waals surface area (Å²) < 4.78 is 98.5. The Bertz CT molecular complexity index is 1180. The maximum absolute atomic E-state index is 15.9. The van der Waals surface area contributed by atoms with Crippen LogP contribution < -0.4 is 10.2 Å². The zero-order valence-corrected chi connectivity index (χ0v) is 15.7. The lowest BCUT2D eigenvalue weighted by Gasteiger charge is -2.38. The van der Waals surface area contributed by atoms with Crippen molar-refractivity contribution in [2.45, 2.75) is 45.3 Å². The Morgan fingerprint density at radius 3 is 2.48 bits per heavy atom. The van der Waals surface area contributed by atoms with Crippen LogP contribution in [0.15, 0.2) is 6.07 Å². The quantitative estimate of drug-likeness (QED) is 0.754. The van der Waals surface area contributed by atoms with Crippen molar-refractivity contribution >= 4 is 23.4 Å². The number of hydrogen-bond acceptors (Lipinski definition) is 5. The van der Waals surface area contributed by atoms with Crippen LogP contribution in [0.4, 0.5) is 14.5 Å². The van der Waals surface area contributed by atoms with Gasteiger partial charge < -0.3 is 9.80 Å². The van der Waals surface area contributed by atoms with Crippen molar-refractivity contribution in [1.82, 2.24) is 15.1 Å². The largest absolute Gasteiger partial charge is 0.364 e. The van der Waals surface area contributed by atoms with Gasteiger partial charge in [0.25, 0.3) is 5.91 Å². The molecule has 7 nitrogen and oxygen atoms in total. The van der Waals surface area contributed by atoms with E-state index in [1.807, 2.05) is 0 Å². The van der Waals surface area contributed by atoms with Crippen LogP contribution in [0.2, 0.25) is 0 Å². The minimum atomic E-state index is -3.51. The van der Waals surface area contributed by atoms with E-state index in [0.717, 1.165) is 4.90 Å². The lowest BCUT2D eigenvalue weighted by atomic mass is 10.0. The number of halogens is 2. The highest BCUT2D eigenvalue weighted by Crippen LogP contribution is 2.36. The minimum Gasteiger partial charge on any atom is -0.364 e. The molecule has 0 aliphatic carbocycles. The number of benzene rings is 1. The zero-order chi connectivity index (χ0) is 28.0. The van der Waals surface area contributed by atoms with Gasteiger partial charge in [-0.2, -0.15) is 0 Å². The van der Waals surface area contributed by atoms with E-state index in [0.29, 0.717) is 11.0 Å². The lowest BCUT2D eigenvalue weighted by Crippen LogP contribution is -2.52. The van der Waals surface area contributed by atoms with Crippen LogP contribution in [0, 0.1) is 11.6 Å². The summed E-state index contributed by atoms with van der Waals surface area (Å²) in [7, 11) is 0. The van der Waals surface area contributed by atoms with Crippen molar-refractivity contribution in [2.75, 3.05) is 30.9 Å². The molecule has 0 radical (unpaired) electrons. The van der Waals surface area contributed by atoms with Crippen molar-refractivity contribution in [3.8, 4) is 0 Å². The summed E-state index contributed by atoms with van der Waals surface area (Å²) in [5, 5.41) is 2.06. The molecular weight excluding hydrogens is 382 g/mol. The van der Waals surface area contributed by atoms with E-state index >= 15 is 8.78 Å². The van der Waals surface area contributed by atoms with Crippen LogP contribution in [0.1, 0.15) is 53.6 Å². The Morgan fingerprint density at radius 2 is 1.86 bits per heavy atom. The molecular formula is C20H24F2N4O3. The highest BCUT2D eigenvalue weighted by atomic mass is 19.1. The summed E-state index contributed by atoms with van der Waals surface area (Å²) in [6.07, 6.45) is -0.159. The summed E-state index contributed by atoms with van der Waals surface area (Å²) in [4.78, 5) is 37.7. The number of anilines is 1. The molecule has 1 N–H and O–H groups in total. The second-order valence-electron chi connectivity index (χ2n) is 7.19. The van der Waals surface area contributed by atoms with Crippen LogP contribution in [-0.2, 0) is 16.1 Å². The van der Waals surface area contributed by atoms with Crippen molar-refractivity contribution < 1.29 is 34.1 Å². The van der Waals surface area contributed by atoms with Crippen LogP contribution >= 0.6 is 0 Å². The van der Waals surface area contributed by atoms with E-state index in [1.54, 1.807) is 0 Å². The normalized spacial score (nSPS) is 34.1. The number of piperidine rings is 1. The number of amides is 3. The van der Waals surface area contributed by atoms with Crippen LogP contribution in [0.5, 0.6) is 0 Å². The van der Waals surface area contributed by atoms with E-state index in [9.17, 15) is 14.4 Å². The van der Waals surface area contributed by atoms with E-state index in [2.05, 4.69) is 5.32 Å². The summed E-state index contributed by atoms with van der Waals surface area (Å²) >= 11 is 0. The lowest BCUT2D eigenvalue weighted by molar-refractivity contribution is -0.136. The van der Waals surface area contributed by atoms with Gasteiger partial charge in [-0.3, -0.25) is 24.6 Å². The Kier molecular flexibility index (Phi) is 3.10. The number of fused-ring (bicyclic) bond motifs is 1. The fourth-order valence-electron chi connectivity index (χ4n) is 3.46. The molecule has 2 saturated heterocycles. The maximum Gasteiger partial charge on any atom is 0.255 e. The predicted octanol–water partition coefficient (Wildman–Crippen LogP) is 1.26. The third kappa shape index (κ3) is 3.37. The summed E-state index contributed by atoms with van der Waals surface area (Å²) in [6.45, 7) is -11.5. The first kappa shape index (κ1) is 12.2. The van der Waals surface area contributed by atoms with Gasteiger partial charge in [-0.1, -0.05) is 0 Å². The number of carbonyl (C=O) groups excluding carboxylic acids is 3. The molecule has 156 valence electrons. The third-order valence-electron chi connectivity index (χ3n) is 5.01. The number of nitrogens with one attached hydrogen (secondary N) is 1. The first-order valence-corrected chi connectivity index (χ1v) is 9.05. The second kappa shape index (κ2) is 7.37. The van der Waals surface area contributed by atoms with Gasteiger partial charge in [-0.25, -0.2) is 8.78 Å². The second-order valence-corrected chi connectivity index (χ2v) is 7.19. The molecule has 0 aromatic heterocycles. The highest BCUT2D eigenvalue weighted by molar-refractivity contribution is 6.05. The molecule has 3 heterocycles. The third-order valence-corrected chi connectivity index (χ3v) is 5.01. The van der Waals surface area contributed by atoms with E-state index in [1.165, 1.54) is 13.8 Å². The van der Waals surface area contributed by atoms with Gasteiger partial charge in [0.05, 0.1) is 17.6 Å². The average Bonchev–Trinajstić information content (AvgIpc) is 3.05. The molecule has 0 spiro atoms. The average molecular weight is 414 g/mol. The molecule has 1 unspecified atom stereocenters. The van der Waals surface area contributed by atoms with Gasteiger partial charge in [-0.05, 0) is 26.3 Å². The number of piperazine rings is 1. The van der Waals surface area contributed by atoms with E-state index < -0.39 is 90.8 Å². The number of carbonyl (C=O) groups is 3. The fourth-order valence-corrected chi connectivity index (χ4v) is 3.46. The molecule has 2 fully saturated rings. The molecule has 3 aliphatic heterocycles. The monoisotopic (exact) mass is 414 g/mol. The van der Waals surface area contributed by atoms with Crippen LogP contribution in [-0.4, -0.2) is 65.6 Å². The predicted molar refractivity (Wildman–Crippen MR) is 101 cm³/mol. The summed E-state index contributed by atoms with van der Waals surface area (Å²) in [5.41, 5.74) is -2.38. The molecule has 1 aromatic rings. The van der Waals surface area contributed by atoms with Gasteiger partial charge in [0.1, 0.15) is 17.5 Å². The Hall–Kier alpha value is -2.55. The van der Waals surface area contributed by atoms with Gasteiger partial charge in [0, 0.05) is 49.5 Å². The fraction of sp³-hybridized carbons (Fsp3) is 0.550. The molecule has 0 bridgehead atoms. The maximum atomic E-state index is 15.9. The molecule has 1 atom stereocenters. The molecule has 3 aliphatic rings. The molecule has 3 amide bonds. The van der Waals surface area contributed by atoms with Crippen molar-refractivity contribution in [3.63, 3.8) is 0 Å². The zero-order valence-electron chi connectivity index (χ0n) is 23.7. The van der Waals surface area contributed by atoms with Gasteiger partial charge >= 0.3 is 0 Å². The SMILES string of the molecule is [2H]C1([2H])N(c2c(F)cc3c(c2F)CN(C2CCC(=O)NC2=O)C3=O)C([2H])([2H])C([2H])([2H])N(C(C)C)C1([2H])[2H]. The Labute approximate surface area is 178 Å².